The fourth-order valence-electron chi connectivity index (χ4n) is 5.14. The lowest BCUT2D eigenvalue weighted by Crippen LogP contribution is -2.43. The number of aromatic nitrogens is 2. The van der Waals surface area contributed by atoms with E-state index in [0.717, 1.165) is 51.1 Å². The van der Waals surface area contributed by atoms with Crippen LogP contribution in [0.15, 0.2) is 12.4 Å². The van der Waals surface area contributed by atoms with E-state index in [2.05, 4.69) is 27.1 Å². The van der Waals surface area contributed by atoms with Crippen LogP contribution in [0.1, 0.15) is 32.6 Å². The van der Waals surface area contributed by atoms with Crippen LogP contribution in [0.5, 0.6) is 5.88 Å². The van der Waals surface area contributed by atoms with Crippen LogP contribution in [-0.4, -0.2) is 54.3 Å². The van der Waals surface area contributed by atoms with E-state index in [9.17, 15) is 4.79 Å². The second-order valence-corrected chi connectivity index (χ2v) is 8.57. The van der Waals surface area contributed by atoms with Gasteiger partial charge in [0, 0.05) is 49.3 Å². The quantitative estimate of drug-likeness (QED) is 0.857. The molecule has 7 nitrogen and oxygen atoms in total. The number of fused-ring (bicyclic) bond motifs is 1. The molecule has 140 valence electrons. The number of carbonyl (C=O) groups is 1. The van der Waals surface area contributed by atoms with E-state index in [1.807, 2.05) is 0 Å². The molecule has 1 spiro atoms. The van der Waals surface area contributed by atoms with Gasteiger partial charge in [-0.05, 0) is 25.7 Å². The summed E-state index contributed by atoms with van der Waals surface area (Å²) in [5.41, 5.74) is -0.225. The standard InChI is InChI=1S/C19H26N4O3/c1-18(5-6-18)17(24)22-9-12-13-10-23(11-19(13)4-3-14(12)26-19)15-16(25-2)21-8-7-20-15/h7-8,12-14H,3-6,9-11H2,1-2H3,(H,22,24)/t12-,13+,14+,19+/m0/s1. The van der Waals surface area contributed by atoms with Crippen molar-refractivity contribution in [3.8, 4) is 5.88 Å². The van der Waals surface area contributed by atoms with Gasteiger partial charge in [-0.1, -0.05) is 6.92 Å². The van der Waals surface area contributed by atoms with Crippen LogP contribution in [0.3, 0.4) is 0 Å². The Morgan fingerprint density at radius 2 is 2.19 bits per heavy atom. The largest absolute Gasteiger partial charge is 0.478 e. The Labute approximate surface area is 153 Å². The summed E-state index contributed by atoms with van der Waals surface area (Å²) in [4.78, 5) is 23.4. The summed E-state index contributed by atoms with van der Waals surface area (Å²) in [7, 11) is 1.63. The molecule has 0 aromatic carbocycles. The van der Waals surface area contributed by atoms with Crippen molar-refractivity contribution >= 4 is 11.7 Å². The van der Waals surface area contributed by atoms with Crippen molar-refractivity contribution in [3.05, 3.63) is 12.4 Å². The molecule has 0 unspecified atom stereocenters. The third kappa shape index (κ3) is 2.32. The lowest BCUT2D eigenvalue weighted by atomic mass is 9.73. The zero-order valence-electron chi connectivity index (χ0n) is 15.4. The van der Waals surface area contributed by atoms with E-state index in [1.165, 1.54) is 0 Å². The normalized spacial score (nSPS) is 36.1. The lowest BCUT2D eigenvalue weighted by molar-refractivity contribution is -0.126. The van der Waals surface area contributed by atoms with Crippen LogP contribution in [-0.2, 0) is 9.53 Å². The first-order valence-electron chi connectivity index (χ1n) is 9.61. The van der Waals surface area contributed by atoms with Gasteiger partial charge < -0.3 is 19.7 Å². The van der Waals surface area contributed by atoms with Crippen LogP contribution in [0, 0.1) is 17.3 Å². The predicted molar refractivity (Wildman–Crippen MR) is 95.0 cm³/mol. The van der Waals surface area contributed by atoms with Crippen LogP contribution in [0.2, 0.25) is 0 Å². The third-order valence-electron chi connectivity index (χ3n) is 6.97. The van der Waals surface area contributed by atoms with Gasteiger partial charge in [0.1, 0.15) is 0 Å². The van der Waals surface area contributed by atoms with Crippen molar-refractivity contribution in [2.45, 2.75) is 44.3 Å². The molecule has 4 atom stereocenters. The maximum atomic E-state index is 12.4. The highest BCUT2D eigenvalue weighted by atomic mass is 16.5. The van der Waals surface area contributed by atoms with Gasteiger partial charge in [0.05, 0.1) is 18.8 Å². The molecule has 26 heavy (non-hydrogen) atoms. The maximum absolute atomic E-state index is 12.4. The highest BCUT2D eigenvalue weighted by Crippen LogP contribution is 2.55. The van der Waals surface area contributed by atoms with E-state index in [0.29, 0.717) is 17.7 Å². The van der Waals surface area contributed by atoms with E-state index < -0.39 is 0 Å². The molecular weight excluding hydrogens is 332 g/mol. The molecule has 4 fully saturated rings. The van der Waals surface area contributed by atoms with Gasteiger partial charge in [0.2, 0.25) is 5.91 Å². The molecule has 1 aliphatic carbocycles. The minimum absolute atomic E-state index is 0.105. The summed E-state index contributed by atoms with van der Waals surface area (Å²) in [5.74, 6) is 2.35. The smallest absolute Gasteiger partial charge is 0.257 e. The molecule has 1 aromatic heterocycles. The topological polar surface area (TPSA) is 76.6 Å². The van der Waals surface area contributed by atoms with E-state index in [1.54, 1.807) is 19.5 Å². The van der Waals surface area contributed by atoms with Crippen molar-refractivity contribution < 1.29 is 14.3 Å². The number of rotatable bonds is 5. The van der Waals surface area contributed by atoms with Crippen molar-refractivity contribution in [1.82, 2.24) is 15.3 Å². The van der Waals surface area contributed by atoms with Gasteiger partial charge in [-0.15, -0.1) is 0 Å². The molecule has 4 aliphatic rings. The van der Waals surface area contributed by atoms with Gasteiger partial charge in [-0.3, -0.25) is 4.79 Å². The molecule has 3 aliphatic heterocycles. The summed E-state index contributed by atoms with van der Waals surface area (Å²) in [5, 5.41) is 3.21. The molecule has 1 amide bonds. The summed E-state index contributed by atoms with van der Waals surface area (Å²) in [6.07, 6.45) is 7.82. The third-order valence-corrected chi connectivity index (χ3v) is 6.97. The number of hydrogen-bond donors (Lipinski definition) is 1. The first-order chi connectivity index (χ1) is 12.5. The van der Waals surface area contributed by atoms with Gasteiger partial charge in [-0.2, -0.15) is 0 Å². The molecule has 5 rings (SSSR count). The second kappa shape index (κ2) is 5.55. The SMILES string of the molecule is COc1nccnc1N1C[C@@H]2[C@H](CNC(=O)C3(C)CC3)[C@H]3CC[C@]2(C1)O3. The zero-order valence-corrected chi connectivity index (χ0v) is 15.4. The fraction of sp³-hybridized carbons (Fsp3) is 0.737. The Morgan fingerprint density at radius 3 is 2.96 bits per heavy atom. The number of anilines is 1. The number of nitrogens with one attached hydrogen (secondary N) is 1. The summed E-state index contributed by atoms with van der Waals surface area (Å²) in [6, 6.07) is 0. The molecule has 7 heteroatoms. The molecule has 1 aromatic rings. The Balaban J connectivity index is 1.33. The first-order valence-corrected chi connectivity index (χ1v) is 9.61. The number of ether oxygens (including phenoxy) is 2. The fourth-order valence-corrected chi connectivity index (χ4v) is 5.14. The Hall–Kier alpha value is -1.89. The average molecular weight is 358 g/mol. The average Bonchev–Trinajstić information content (AvgIpc) is 3.04. The maximum Gasteiger partial charge on any atom is 0.257 e. The molecule has 1 N–H and O–H groups in total. The number of methoxy groups -OCH3 is 1. The van der Waals surface area contributed by atoms with Crippen LogP contribution in [0.4, 0.5) is 5.82 Å². The van der Waals surface area contributed by atoms with E-state index in [4.69, 9.17) is 9.47 Å². The van der Waals surface area contributed by atoms with Gasteiger partial charge in [0.25, 0.3) is 5.88 Å². The van der Waals surface area contributed by atoms with Crippen LogP contribution >= 0.6 is 0 Å². The lowest BCUT2D eigenvalue weighted by Gasteiger charge is -2.29. The van der Waals surface area contributed by atoms with Gasteiger partial charge in [-0.25, -0.2) is 9.97 Å². The number of carbonyl (C=O) groups excluding carboxylic acids is 1. The summed E-state index contributed by atoms with van der Waals surface area (Å²) >= 11 is 0. The van der Waals surface area contributed by atoms with Crippen molar-refractivity contribution in [2.75, 3.05) is 31.6 Å². The van der Waals surface area contributed by atoms with E-state index >= 15 is 0 Å². The summed E-state index contributed by atoms with van der Waals surface area (Å²) in [6.45, 7) is 4.48. The van der Waals surface area contributed by atoms with Crippen LogP contribution in [0.25, 0.3) is 0 Å². The minimum Gasteiger partial charge on any atom is -0.478 e. The summed E-state index contributed by atoms with van der Waals surface area (Å²) < 4.78 is 11.9. The van der Waals surface area contributed by atoms with Gasteiger partial charge in [0.15, 0.2) is 5.82 Å². The highest BCUT2D eigenvalue weighted by Gasteiger charge is 2.63. The van der Waals surface area contributed by atoms with E-state index in [-0.39, 0.29) is 23.0 Å². The molecule has 2 bridgehead atoms. The van der Waals surface area contributed by atoms with Crippen LogP contribution < -0.4 is 15.0 Å². The molecule has 3 saturated heterocycles. The Bertz CT molecular complexity index is 737. The number of nitrogens with zero attached hydrogens (tertiary/aromatic N) is 3. The van der Waals surface area contributed by atoms with Crippen molar-refractivity contribution in [2.24, 2.45) is 17.3 Å². The first kappa shape index (κ1) is 16.3. The molecule has 4 heterocycles. The molecule has 1 saturated carbocycles. The zero-order chi connectivity index (χ0) is 17.9. The number of amides is 1. The molecule has 0 radical (unpaired) electrons. The Morgan fingerprint density at radius 1 is 1.38 bits per heavy atom. The predicted octanol–water partition coefficient (Wildman–Crippen LogP) is 1.39. The monoisotopic (exact) mass is 358 g/mol. The number of hydrogen-bond acceptors (Lipinski definition) is 6. The minimum atomic E-state index is -0.120. The van der Waals surface area contributed by atoms with Crippen molar-refractivity contribution in [3.63, 3.8) is 0 Å². The highest BCUT2D eigenvalue weighted by molar-refractivity contribution is 5.84. The second-order valence-electron chi connectivity index (χ2n) is 8.57. The van der Waals surface area contributed by atoms with Gasteiger partial charge >= 0.3 is 0 Å². The Kier molecular flexibility index (Phi) is 3.48. The molecular formula is C19H26N4O3. The van der Waals surface area contributed by atoms with Crippen molar-refractivity contribution in [1.29, 1.82) is 0 Å².